The summed E-state index contributed by atoms with van der Waals surface area (Å²) in [5.41, 5.74) is 2.32. The van der Waals surface area contributed by atoms with E-state index in [1.807, 2.05) is 60.7 Å². The number of aromatic nitrogens is 2. The number of H-pyrrole nitrogens is 1. The van der Waals surface area contributed by atoms with Gasteiger partial charge in [0.05, 0.1) is 11.4 Å². The van der Waals surface area contributed by atoms with Crippen molar-refractivity contribution < 1.29 is 5.11 Å². The molecule has 0 saturated heterocycles. The molecule has 3 aromatic rings. The Morgan fingerprint density at radius 3 is 2.74 bits per heavy atom. The van der Waals surface area contributed by atoms with Gasteiger partial charge in [-0.25, -0.2) is 0 Å². The van der Waals surface area contributed by atoms with Crippen molar-refractivity contribution in [2.45, 2.75) is 0 Å². The quantitative estimate of drug-likeness (QED) is 0.713. The van der Waals surface area contributed by atoms with Crippen molar-refractivity contribution in [2.24, 2.45) is 4.99 Å². The lowest BCUT2D eigenvalue weighted by Crippen LogP contribution is -2.23. The zero-order chi connectivity index (χ0) is 15.8. The van der Waals surface area contributed by atoms with Gasteiger partial charge in [0.25, 0.3) is 0 Å². The first kappa shape index (κ1) is 13.7. The molecule has 0 atom stereocenters. The van der Waals surface area contributed by atoms with E-state index in [-0.39, 0.29) is 5.88 Å². The van der Waals surface area contributed by atoms with Gasteiger partial charge in [0.15, 0.2) is 4.77 Å². The maximum absolute atomic E-state index is 10.6. The van der Waals surface area contributed by atoms with Crippen molar-refractivity contribution in [2.75, 3.05) is 0 Å². The molecule has 2 aromatic carbocycles. The zero-order valence-electron chi connectivity index (χ0n) is 12.1. The predicted octanol–water partition coefficient (Wildman–Crippen LogP) is 2.57. The van der Waals surface area contributed by atoms with E-state index < -0.39 is 0 Å². The van der Waals surface area contributed by atoms with E-state index in [9.17, 15) is 5.11 Å². The summed E-state index contributed by atoms with van der Waals surface area (Å²) in [5.74, 6) is 0.0951. The van der Waals surface area contributed by atoms with Crippen LogP contribution < -0.4 is 10.4 Å². The molecule has 0 unspecified atom stereocenters. The number of aromatic hydroxyl groups is 1. The number of para-hydroxylation sites is 1. The van der Waals surface area contributed by atoms with Crippen LogP contribution in [0.1, 0.15) is 5.69 Å². The van der Waals surface area contributed by atoms with Crippen LogP contribution in [-0.4, -0.2) is 20.9 Å². The van der Waals surface area contributed by atoms with Crippen LogP contribution in [0.25, 0.3) is 17.8 Å². The smallest absolute Gasteiger partial charge is 0.222 e. The summed E-state index contributed by atoms with van der Waals surface area (Å²) in [5, 5.41) is 12.6. The summed E-state index contributed by atoms with van der Waals surface area (Å²) in [7, 11) is 0. The van der Waals surface area contributed by atoms with Crippen LogP contribution in [-0.2, 0) is 0 Å². The number of hydrogen-bond acceptors (Lipinski definition) is 3. The summed E-state index contributed by atoms with van der Waals surface area (Å²) >= 11 is 5.35. The monoisotopic (exact) mass is 319 g/mol. The van der Waals surface area contributed by atoms with Crippen LogP contribution in [0, 0.1) is 4.77 Å². The molecule has 2 heterocycles. The highest BCUT2D eigenvalue weighted by Crippen LogP contribution is 2.22. The Hall–Kier alpha value is -2.92. The first-order valence-corrected chi connectivity index (χ1v) is 7.59. The Morgan fingerprint density at radius 2 is 1.91 bits per heavy atom. The zero-order valence-corrected chi connectivity index (χ0v) is 12.9. The number of rotatable bonds is 2. The Kier molecular flexibility index (Phi) is 3.20. The normalized spacial score (nSPS) is 13.1. The first-order chi connectivity index (χ1) is 11.2. The predicted molar refractivity (Wildman–Crippen MR) is 94.5 cm³/mol. The molecule has 1 aromatic heterocycles. The fraction of sp³-hybridized carbons (Fsp3) is 0. The largest absolute Gasteiger partial charge is 0.493 e. The lowest BCUT2D eigenvalue weighted by molar-refractivity contribution is 0.440. The molecular formula is C18H13N3OS. The third kappa shape index (κ3) is 2.31. The van der Waals surface area contributed by atoms with Crippen molar-refractivity contribution in [3.8, 4) is 11.6 Å². The number of nitrogens with zero attached hydrogens (tertiary/aromatic N) is 2. The van der Waals surface area contributed by atoms with Gasteiger partial charge < -0.3 is 10.1 Å². The standard InChI is InChI=1S/C18H13N3OS/c22-17-16(11-12-5-4-8-15-14(12)9-10-19-15)20-18(23)21(17)13-6-2-1-3-7-13/h1-11,22H,(H,20,23)/b12-11+. The molecule has 112 valence electrons. The Bertz CT molecular complexity index is 1090. The molecule has 1 aliphatic heterocycles. The van der Waals surface area contributed by atoms with Crippen molar-refractivity contribution in [3.05, 3.63) is 69.4 Å². The van der Waals surface area contributed by atoms with Gasteiger partial charge in [0.1, 0.15) is 5.69 Å². The minimum atomic E-state index is 0.0951. The minimum absolute atomic E-state index is 0.0951. The number of hydrogen-bond donors (Lipinski definition) is 2. The average molecular weight is 319 g/mol. The SMILES string of the molecule is Oc1c(/C=c2\cccc3c2=CC=N3)[nH]c(=S)n1-c1ccccc1. The second-order valence-electron chi connectivity index (χ2n) is 5.21. The fourth-order valence-electron chi connectivity index (χ4n) is 2.70. The highest BCUT2D eigenvalue weighted by atomic mass is 32.1. The number of imidazole rings is 1. The Morgan fingerprint density at radius 1 is 1.09 bits per heavy atom. The number of benzene rings is 2. The fourth-order valence-corrected chi connectivity index (χ4v) is 3.00. The maximum Gasteiger partial charge on any atom is 0.222 e. The van der Waals surface area contributed by atoms with Crippen LogP contribution in [0.4, 0.5) is 5.69 Å². The molecule has 5 heteroatoms. The van der Waals surface area contributed by atoms with Crippen molar-refractivity contribution in [1.82, 2.24) is 9.55 Å². The topological polar surface area (TPSA) is 53.3 Å². The van der Waals surface area contributed by atoms with Crippen LogP contribution in [0.15, 0.2) is 53.5 Å². The first-order valence-electron chi connectivity index (χ1n) is 7.18. The van der Waals surface area contributed by atoms with E-state index in [0.29, 0.717) is 10.5 Å². The van der Waals surface area contributed by atoms with Crippen molar-refractivity contribution in [3.63, 3.8) is 0 Å². The summed E-state index contributed by atoms with van der Waals surface area (Å²) in [6.07, 6.45) is 5.62. The van der Waals surface area contributed by atoms with Gasteiger partial charge in [0.2, 0.25) is 5.88 Å². The van der Waals surface area contributed by atoms with Crippen molar-refractivity contribution in [1.29, 1.82) is 0 Å². The number of fused-ring (bicyclic) bond motifs is 1. The lowest BCUT2D eigenvalue weighted by Gasteiger charge is -2.03. The molecule has 0 saturated carbocycles. The summed E-state index contributed by atoms with van der Waals surface area (Å²) in [4.78, 5) is 7.36. The van der Waals surface area contributed by atoms with Crippen LogP contribution in [0.5, 0.6) is 5.88 Å². The molecule has 0 spiro atoms. The van der Waals surface area contributed by atoms with Crippen molar-refractivity contribution >= 4 is 36.3 Å². The molecule has 1 aliphatic rings. The number of aliphatic imine (C=N–C) groups is 1. The highest BCUT2D eigenvalue weighted by molar-refractivity contribution is 7.71. The molecule has 0 bridgehead atoms. The van der Waals surface area contributed by atoms with E-state index in [1.165, 1.54) is 0 Å². The average Bonchev–Trinajstić information content (AvgIpc) is 3.14. The molecule has 4 rings (SSSR count). The van der Waals surface area contributed by atoms with Gasteiger partial charge in [-0.1, -0.05) is 30.3 Å². The molecule has 23 heavy (non-hydrogen) atoms. The summed E-state index contributed by atoms with van der Waals surface area (Å²) in [6, 6.07) is 15.4. The number of nitrogens with one attached hydrogen (secondary N) is 1. The van der Waals surface area contributed by atoms with Crippen LogP contribution in [0.3, 0.4) is 0 Å². The van der Waals surface area contributed by atoms with E-state index >= 15 is 0 Å². The maximum atomic E-state index is 10.6. The molecule has 4 nitrogen and oxygen atoms in total. The van der Waals surface area contributed by atoms with E-state index in [1.54, 1.807) is 10.8 Å². The van der Waals surface area contributed by atoms with Gasteiger partial charge in [-0.05, 0) is 47.8 Å². The van der Waals surface area contributed by atoms with E-state index in [2.05, 4.69) is 9.98 Å². The molecule has 0 radical (unpaired) electrons. The Labute approximate surface area is 137 Å². The lowest BCUT2D eigenvalue weighted by atomic mass is 10.2. The minimum Gasteiger partial charge on any atom is -0.493 e. The van der Waals surface area contributed by atoms with Gasteiger partial charge >= 0.3 is 0 Å². The summed E-state index contributed by atoms with van der Waals surface area (Å²) in [6.45, 7) is 0. The summed E-state index contributed by atoms with van der Waals surface area (Å²) < 4.78 is 2.07. The highest BCUT2D eigenvalue weighted by Gasteiger charge is 2.10. The second kappa shape index (κ2) is 5.37. The van der Waals surface area contributed by atoms with Crippen LogP contribution in [0.2, 0.25) is 0 Å². The molecule has 0 amide bonds. The van der Waals surface area contributed by atoms with Gasteiger partial charge in [-0.2, -0.15) is 0 Å². The van der Waals surface area contributed by atoms with Gasteiger partial charge in [0, 0.05) is 11.4 Å². The van der Waals surface area contributed by atoms with E-state index in [0.717, 1.165) is 21.8 Å². The number of aromatic amines is 1. The molecule has 0 aliphatic carbocycles. The third-order valence-electron chi connectivity index (χ3n) is 3.78. The van der Waals surface area contributed by atoms with Crippen LogP contribution >= 0.6 is 12.2 Å². The molecule has 0 fully saturated rings. The molecule has 2 N–H and O–H groups in total. The van der Waals surface area contributed by atoms with Gasteiger partial charge in [-0.3, -0.25) is 9.56 Å². The van der Waals surface area contributed by atoms with E-state index in [4.69, 9.17) is 12.2 Å². The second-order valence-corrected chi connectivity index (χ2v) is 5.59. The molecular weight excluding hydrogens is 306 g/mol. The Balaban J connectivity index is 1.92. The van der Waals surface area contributed by atoms with Gasteiger partial charge in [-0.15, -0.1) is 0 Å². The third-order valence-corrected chi connectivity index (χ3v) is 4.07.